The molecule has 5 heteroatoms. The molecule has 2 fully saturated rings. The van der Waals surface area contributed by atoms with Gasteiger partial charge in [-0.25, -0.2) is 0 Å². The van der Waals surface area contributed by atoms with E-state index in [2.05, 4.69) is 16.1 Å². The normalized spacial score (nSPS) is 24.4. The summed E-state index contributed by atoms with van der Waals surface area (Å²) in [5.41, 5.74) is 5.92. The minimum absolute atomic E-state index is 0.252. The third-order valence-corrected chi connectivity index (χ3v) is 6.33. The van der Waals surface area contributed by atoms with E-state index in [1.807, 2.05) is 11.8 Å². The van der Waals surface area contributed by atoms with Crippen LogP contribution in [0, 0.1) is 0 Å². The van der Waals surface area contributed by atoms with Crippen molar-refractivity contribution in [1.82, 2.24) is 9.80 Å². The Morgan fingerprint density at radius 1 is 1.10 bits per heavy atom. The van der Waals surface area contributed by atoms with E-state index in [1.165, 1.54) is 25.7 Å². The van der Waals surface area contributed by atoms with Crippen LogP contribution in [0.15, 0.2) is 0 Å². The molecule has 4 nitrogen and oxygen atoms in total. The SMILES string of the molecule is CSC1(CN)CCN(CC(=O)N2CCCCCC2)CC1. The number of piperidine rings is 1. The average Bonchev–Trinajstić information content (AvgIpc) is 2.77. The first kappa shape index (κ1) is 16.1. The van der Waals surface area contributed by atoms with E-state index in [9.17, 15) is 4.79 Å². The van der Waals surface area contributed by atoms with E-state index in [0.29, 0.717) is 12.5 Å². The number of carbonyl (C=O) groups is 1. The van der Waals surface area contributed by atoms with Crippen LogP contribution in [0.25, 0.3) is 0 Å². The van der Waals surface area contributed by atoms with Crippen LogP contribution in [-0.4, -0.2) is 66.0 Å². The fourth-order valence-electron chi connectivity index (χ4n) is 3.22. The van der Waals surface area contributed by atoms with E-state index in [4.69, 9.17) is 5.73 Å². The molecule has 0 spiro atoms. The van der Waals surface area contributed by atoms with Gasteiger partial charge in [0.25, 0.3) is 0 Å². The van der Waals surface area contributed by atoms with Gasteiger partial charge in [-0.1, -0.05) is 12.8 Å². The molecule has 0 saturated carbocycles. The largest absolute Gasteiger partial charge is 0.342 e. The molecule has 2 N–H and O–H groups in total. The number of likely N-dealkylation sites (tertiary alicyclic amines) is 2. The molecule has 0 radical (unpaired) electrons. The molecule has 0 aromatic rings. The van der Waals surface area contributed by atoms with Crippen LogP contribution >= 0.6 is 11.8 Å². The first-order valence-corrected chi connectivity index (χ1v) is 9.17. The van der Waals surface area contributed by atoms with Gasteiger partial charge in [-0.3, -0.25) is 9.69 Å². The topological polar surface area (TPSA) is 49.6 Å². The van der Waals surface area contributed by atoms with Gasteiger partial charge in [0.1, 0.15) is 0 Å². The van der Waals surface area contributed by atoms with Crippen molar-refractivity contribution in [2.75, 3.05) is 45.5 Å². The van der Waals surface area contributed by atoms with Crippen molar-refractivity contribution in [3.05, 3.63) is 0 Å². The molecule has 0 unspecified atom stereocenters. The maximum Gasteiger partial charge on any atom is 0.236 e. The highest BCUT2D eigenvalue weighted by Gasteiger charge is 2.33. The van der Waals surface area contributed by atoms with E-state index in [-0.39, 0.29) is 4.75 Å². The summed E-state index contributed by atoms with van der Waals surface area (Å²) in [7, 11) is 0. The molecule has 2 aliphatic heterocycles. The summed E-state index contributed by atoms with van der Waals surface area (Å²) in [6, 6.07) is 0. The van der Waals surface area contributed by atoms with E-state index in [0.717, 1.165) is 45.6 Å². The highest BCUT2D eigenvalue weighted by atomic mass is 32.2. The van der Waals surface area contributed by atoms with Crippen LogP contribution in [0.2, 0.25) is 0 Å². The molecule has 116 valence electrons. The maximum atomic E-state index is 12.4. The lowest BCUT2D eigenvalue weighted by Crippen LogP contribution is -2.49. The highest BCUT2D eigenvalue weighted by molar-refractivity contribution is 8.00. The molecule has 0 atom stereocenters. The Morgan fingerprint density at radius 2 is 1.70 bits per heavy atom. The summed E-state index contributed by atoms with van der Waals surface area (Å²) >= 11 is 1.90. The molecule has 0 aliphatic carbocycles. The molecule has 2 saturated heterocycles. The standard InChI is InChI=1S/C15H29N3OS/c1-20-15(13-16)6-10-17(11-7-15)12-14(19)18-8-4-2-3-5-9-18/h2-13,16H2,1H3. The van der Waals surface area contributed by atoms with Crippen LogP contribution in [0.3, 0.4) is 0 Å². The van der Waals surface area contributed by atoms with Gasteiger partial charge in [0.15, 0.2) is 0 Å². The van der Waals surface area contributed by atoms with Crippen molar-refractivity contribution in [3.8, 4) is 0 Å². The smallest absolute Gasteiger partial charge is 0.236 e. The number of hydrogen-bond acceptors (Lipinski definition) is 4. The third-order valence-electron chi connectivity index (χ3n) is 4.89. The zero-order valence-electron chi connectivity index (χ0n) is 12.8. The van der Waals surface area contributed by atoms with Crippen LogP contribution in [0.5, 0.6) is 0 Å². The monoisotopic (exact) mass is 299 g/mol. The first-order chi connectivity index (χ1) is 9.69. The van der Waals surface area contributed by atoms with Crippen molar-refractivity contribution >= 4 is 17.7 Å². The molecule has 20 heavy (non-hydrogen) atoms. The Balaban J connectivity index is 1.78. The van der Waals surface area contributed by atoms with Crippen LogP contribution in [-0.2, 0) is 4.79 Å². The van der Waals surface area contributed by atoms with Gasteiger partial charge in [0.2, 0.25) is 5.91 Å². The number of carbonyl (C=O) groups excluding carboxylic acids is 1. The van der Waals surface area contributed by atoms with E-state index >= 15 is 0 Å². The van der Waals surface area contributed by atoms with E-state index in [1.54, 1.807) is 0 Å². The summed E-state index contributed by atoms with van der Waals surface area (Å²) in [5.74, 6) is 0.330. The highest BCUT2D eigenvalue weighted by Crippen LogP contribution is 2.33. The van der Waals surface area contributed by atoms with Crippen molar-refractivity contribution in [3.63, 3.8) is 0 Å². The maximum absolute atomic E-state index is 12.4. The molecular weight excluding hydrogens is 270 g/mol. The molecule has 0 bridgehead atoms. The van der Waals surface area contributed by atoms with Crippen molar-refractivity contribution in [2.24, 2.45) is 5.73 Å². The average molecular weight is 299 g/mol. The summed E-state index contributed by atoms with van der Waals surface area (Å²) < 4.78 is 0.252. The van der Waals surface area contributed by atoms with Gasteiger partial charge < -0.3 is 10.6 Å². The summed E-state index contributed by atoms with van der Waals surface area (Å²) in [4.78, 5) is 16.8. The van der Waals surface area contributed by atoms with E-state index < -0.39 is 0 Å². The molecule has 0 aromatic heterocycles. The fourth-order valence-corrected chi connectivity index (χ4v) is 3.98. The lowest BCUT2D eigenvalue weighted by molar-refractivity contribution is -0.132. The number of thioether (sulfide) groups is 1. The number of nitrogens with zero attached hydrogens (tertiary/aromatic N) is 2. The Kier molecular flexibility index (Phi) is 6.18. The Morgan fingerprint density at radius 3 is 2.20 bits per heavy atom. The number of rotatable bonds is 4. The van der Waals surface area contributed by atoms with Gasteiger partial charge in [0, 0.05) is 37.5 Å². The molecule has 0 aromatic carbocycles. The van der Waals surface area contributed by atoms with Crippen molar-refractivity contribution in [2.45, 2.75) is 43.3 Å². The van der Waals surface area contributed by atoms with Crippen molar-refractivity contribution in [1.29, 1.82) is 0 Å². The van der Waals surface area contributed by atoms with Gasteiger partial charge in [0.05, 0.1) is 6.54 Å². The predicted octanol–water partition coefficient (Wildman–Crippen LogP) is 1.55. The van der Waals surface area contributed by atoms with Crippen LogP contribution in [0.1, 0.15) is 38.5 Å². The molecular formula is C15H29N3OS. The second-order valence-corrected chi connectivity index (χ2v) is 7.44. The zero-order chi connectivity index (χ0) is 14.4. The number of amides is 1. The Bertz CT molecular complexity index is 302. The first-order valence-electron chi connectivity index (χ1n) is 7.94. The predicted molar refractivity (Wildman–Crippen MR) is 86.0 cm³/mol. The molecule has 2 rings (SSSR count). The van der Waals surface area contributed by atoms with Gasteiger partial charge in [-0.15, -0.1) is 0 Å². The molecule has 2 heterocycles. The minimum Gasteiger partial charge on any atom is -0.342 e. The van der Waals surface area contributed by atoms with Crippen molar-refractivity contribution < 1.29 is 4.79 Å². The number of nitrogens with two attached hydrogens (primary N) is 1. The van der Waals surface area contributed by atoms with Gasteiger partial charge >= 0.3 is 0 Å². The minimum atomic E-state index is 0.252. The lowest BCUT2D eigenvalue weighted by atomic mass is 9.96. The third kappa shape index (κ3) is 4.12. The van der Waals surface area contributed by atoms with Gasteiger partial charge in [-0.2, -0.15) is 11.8 Å². The second kappa shape index (κ2) is 7.66. The zero-order valence-corrected chi connectivity index (χ0v) is 13.6. The van der Waals surface area contributed by atoms with Crippen LogP contribution < -0.4 is 5.73 Å². The lowest BCUT2D eigenvalue weighted by Gasteiger charge is -2.40. The van der Waals surface area contributed by atoms with Crippen LogP contribution in [0.4, 0.5) is 0 Å². The summed E-state index contributed by atoms with van der Waals surface area (Å²) in [6.45, 7) is 5.31. The quantitative estimate of drug-likeness (QED) is 0.855. The Hall–Kier alpha value is -0.260. The Labute approximate surface area is 127 Å². The molecule has 2 aliphatic rings. The summed E-state index contributed by atoms with van der Waals surface area (Å²) in [5, 5.41) is 0. The second-order valence-electron chi connectivity index (χ2n) is 6.16. The fraction of sp³-hybridized carbons (Fsp3) is 0.933. The number of hydrogen-bond donors (Lipinski definition) is 1. The van der Waals surface area contributed by atoms with Gasteiger partial charge in [-0.05, 0) is 31.9 Å². The molecule has 1 amide bonds. The summed E-state index contributed by atoms with van der Waals surface area (Å²) in [6.07, 6.45) is 9.28.